The molecule has 0 bridgehead atoms. The molecule has 0 aromatic carbocycles. The molecule has 2 heterocycles. The summed E-state index contributed by atoms with van der Waals surface area (Å²) in [7, 11) is 0. The Kier molecular flexibility index (Phi) is 3.59. The van der Waals surface area contributed by atoms with E-state index >= 15 is 0 Å². The lowest BCUT2D eigenvalue weighted by molar-refractivity contribution is 0.413. The van der Waals surface area contributed by atoms with Crippen molar-refractivity contribution in [2.45, 2.75) is 25.1 Å². The number of aromatic nitrogens is 1. The number of hydrogen-bond donors (Lipinski definition) is 1. The van der Waals surface area contributed by atoms with Gasteiger partial charge in [0.1, 0.15) is 0 Å². The van der Waals surface area contributed by atoms with Crippen LogP contribution in [0, 0.1) is 0 Å². The molecular formula is C12H16N2O2S. The van der Waals surface area contributed by atoms with Crippen LogP contribution >= 0.6 is 11.8 Å². The molecule has 92 valence electrons. The lowest BCUT2D eigenvalue weighted by atomic mass is 10.1. The van der Waals surface area contributed by atoms with Crippen LogP contribution in [0.25, 0.3) is 11.5 Å². The number of hydrogen-bond acceptors (Lipinski definition) is 5. The van der Waals surface area contributed by atoms with Crippen molar-refractivity contribution >= 4 is 11.8 Å². The first kappa shape index (κ1) is 12.3. The summed E-state index contributed by atoms with van der Waals surface area (Å²) in [5, 5.41) is 4.00. The molecule has 0 amide bonds. The maximum Gasteiger partial charge on any atom is 0.202 e. The number of rotatable bonds is 5. The first-order chi connectivity index (χ1) is 8.04. The van der Waals surface area contributed by atoms with E-state index < -0.39 is 0 Å². The second-order valence-corrected chi connectivity index (χ2v) is 5.63. The first-order valence-electron chi connectivity index (χ1n) is 5.41. The van der Waals surface area contributed by atoms with E-state index in [1.54, 1.807) is 18.0 Å². The zero-order valence-corrected chi connectivity index (χ0v) is 10.8. The van der Waals surface area contributed by atoms with Crippen molar-refractivity contribution in [2.75, 3.05) is 5.75 Å². The molecule has 17 heavy (non-hydrogen) atoms. The molecule has 0 radical (unpaired) electrons. The standard InChI is InChI=1S/C12H16N2O2S/c1-12(2,13)8-17-7-9-6-11(16-14-9)10-4-3-5-15-10/h3-6H,7-8,13H2,1-2H3. The van der Waals surface area contributed by atoms with E-state index in [0.717, 1.165) is 17.2 Å². The number of thioether (sulfide) groups is 1. The highest BCUT2D eigenvalue weighted by Gasteiger charge is 2.12. The number of furan rings is 1. The van der Waals surface area contributed by atoms with Gasteiger partial charge in [-0.15, -0.1) is 0 Å². The van der Waals surface area contributed by atoms with Gasteiger partial charge >= 0.3 is 0 Å². The van der Waals surface area contributed by atoms with E-state index in [2.05, 4.69) is 5.16 Å². The van der Waals surface area contributed by atoms with Crippen molar-refractivity contribution in [1.29, 1.82) is 0 Å². The minimum atomic E-state index is -0.155. The highest BCUT2D eigenvalue weighted by molar-refractivity contribution is 7.98. The summed E-state index contributed by atoms with van der Waals surface area (Å²) in [6.45, 7) is 4.02. The minimum Gasteiger partial charge on any atom is -0.461 e. The summed E-state index contributed by atoms with van der Waals surface area (Å²) in [5.74, 6) is 3.05. The maximum atomic E-state index is 5.90. The largest absolute Gasteiger partial charge is 0.461 e. The van der Waals surface area contributed by atoms with Crippen molar-refractivity contribution in [3.63, 3.8) is 0 Å². The van der Waals surface area contributed by atoms with Crippen LogP contribution in [0.15, 0.2) is 33.4 Å². The Bertz CT molecular complexity index is 457. The van der Waals surface area contributed by atoms with Crippen molar-refractivity contribution in [3.8, 4) is 11.5 Å². The zero-order chi connectivity index (χ0) is 12.3. The van der Waals surface area contributed by atoms with Crippen LogP contribution in [-0.2, 0) is 5.75 Å². The number of nitrogens with zero attached hydrogens (tertiary/aromatic N) is 1. The monoisotopic (exact) mass is 252 g/mol. The second kappa shape index (κ2) is 4.98. The highest BCUT2D eigenvalue weighted by Crippen LogP contribution is 2.23. The van der Waals surface area contributed by atoms with Gasteiger partial charge in [0.2, 0.25) is 5.76 Å². The van der Waals surface area contributed by atoms with Crippen LogP contribution in [0.3, 0.4) is 0 Å². The fourth-order valence-electron chi connectivity index (χ4n) is 1.33. The second-order valence-electron chi connectivity index (χ2n) is 4.64. The minimum absolute atomic E-state index is 0.155. The van der Waals surface area contributed by atoms with Gasteiger partial charge in [-0.25, -0.2) is 0 Å². The van der Waals surface area contributed by atoms with Crippen LogP contribution in [0.5, 0.6) is 0 Å². The Balaban J connectivity index is 1.91. The van der Waals surface area contributed by atoms with Crippen molar-refractivity contribution in [3.05, 3.63) is 30.2 Å². The SMILES string of the molecule is CC(C)(N)CSCc1cc(-c2ccco2)on1. The predicted molar refractivity (Wildman–Crippen MR) is 68.6 cm³/mol. The molecule has 0 atom stereocenters. The Morgan fingerprint density at radius 3 is 2.88 bits per heavy atom. The molecule has 2 rings (SSSR count). The summed E-state index contributed by atoms with van der Waals surface area (Å²) in [4.78, 5) is 0. The molecule has 2 N–H and O–H groups in total. The first-order valence-corrected chi connectivity index (χ1v) is 6.56. The van der Waals surface area contributed by atoms with E-state index in [4.69, 9.17) is 14.7 Å². The number of nitrogens with two attached hydrogens (primary N) is 1. The van der Waals surface area contributed by atoms with Gasteiger partial charge in [0.05, 0.1) is 12.0 Å². The van der Waals surface area contributed by atoms with Crippen LogP contribution in [0.1, 0.15) is 19.5 Å². The van der Waals surface area contributed by atoms with Gasteiger partial charge in [0, 0.05) is 23.1 Å². The third-order valence-corrected chi connectivity index (χ3v) is 3.50. The molecule has 0 fully saturated rings. The summed E-state index contributed by atoms with van der Waals surface area (Å²) in [6, 6.07) is 5.57. The van der Waals surface area contributed by atoms with Gasteiger partial charge in [0.15, 0.2) is 5.76 Å². The molecular weight excluding hydrogens is 236 g/mol. The Morgan fingerprint density at radius 2 is 2.24 bits per heavy atom. The summed E-state index contributed by atoms with van der Waals surface area (Å²) >= 11 is 1.75. The van der Waals surface area contributed by atoms with E-state index in [-0.39, 0.29) is 5.54 Å². The molecule has 2 aromatic rings. The van der Waals surface area contributed by atoms with E-state index in [0.29, 0.717) is 11.5 Å². The average molecular weight is 252 g/mol. The Morgan fingerprint density at radius 1 is 1.41 bits per heavy atom. The fraction of sp³-hybridized carbons (Fsp3) is 0.417. The lowest BCUT2D eigenvalue weighted by Gasteiger charge is -2.16. The molecule has 4 nitrogen and oxygen atoms in total. The van der Waals surface area contributed by atoms with Gasteiger partial charge in [-0.05, 0) is 26.0 Å². The highest BCUT2D eigenvalue weighted by atomic mass is 32.2. The van der Waals surface area contributed by atoms with Gasteiger partial charge < -0.3 is 14.7 Å². The Hall–Kier alpha value is -1.20. The normalized spacial score (nSPS) is 11.9. The molecule has 0 spiro atoms. The molecule has 0 unspecified atom stereocenters. The molecule has 2 aromatic heterocycles. The molecule has 0 aliphatic carbocycles. The third-order valence-electron chi connectivity index (χ3n) is 2.05. The van der Waals surface area contributed by atoms with Crippen LogP contribution < -0.4 is 5.73 Å². The summed E-state index contributed by atoms with van der Waals surface area (Å²) in [6.07, 6.45) is 1.61. The summed E-state index contributed by atoms with van der Waals surface area (Å²) < 4.78 is 10.4. The van der Waals surface area contributed by atoms with E-state index in [9.17, 15) is 0 Å². The van der Waals surface area contributed by atoms with Gasteiger partial charge in [-0.3, -0.25) is 0 Å². The van der Waals surface area contributed by atoms with Gasteiger partial charge in [0.25, 0.3) is 0 Å². The lowest BCUT2D eigenvalue weighted by Crippen LogP contribution is -2.34. The van der Waals surface area contributed by atoms with E-state index in [1.165, 1.54) is 0 Å². The Labute approximate surface area is 105 Å². The van der Waals surface area contributed by atoms with Crippen molar-refractivity contribution in [1.82, 2.24) is 5.16 Å². The topological polar surface area (TPSA) is 65.2 Å². The molecule has 5 heteroatoms. The van der Waals surface area contributed by atoms with Crippen molar-refractivity contribution in [2.24, 2.45) is 5.73 Å². The predicted octanol–water partition coefficient (Wildman–Crippen LogP) is 2.91. The molecule has 0 saturated heterocycles. The fourth-order valence-corrected chi connectivity index (χ4v) is 2.31. The third kappa shape index (κ3) is 3.64. The molecule has 0 aliphatic heterocycles. The quantitative estimate of drug-likeness (QED) is 0.886. The average Bonchev–Trinajstić information content (AvgIpc) is 2.83. The van der Waals surface area contributed by atoms with Gasteiger partial charge in [-0.2, -0.15) is 11.8 Å². The van der Waals surface area contributed by atoms with Crippen LogP contribution in [0.2, 0.25) is 0 Å². The maximum absolute atomic E-state index is 5.90. The van der Waals surface area contributed by atoms with Crippen LogP contribution in [-0.4, -0.2) is 16.4 Å². The van der Waals surface area contributed by atoms with Crippen LogP contribution in [0.4, 0.5) is 0 Å². The molecule has 0 aliphatic rings. The summed E-state index contributed by atoms with van der Waals surface area (Å²) in [5.41, 5.74) is 6.66. The smallest absolute Gasteiger partial charge is 0.202 e. The van der Waals surface area contributed by atoms with Crippen molar-refractivity contribution < 1.29 is 8.94 Å². The van der Waals surface area contributed by atoms with Gasteiger partial charge in [-0.1, -0.05) is 5.16 Å². The van der Waals surface area contributed by atoms with E-state index in [1.807, 2.05) is 32.0 Å². The molecule has 0 saturated carbocycles. The zero-order valence-electron chi connectivity index (χ0n) is 9.97.